The van der Waals surface area contributed by atoms with Crippen LogP contribution in [0.2, 0.25) is 0 Å². The van der Waals surface area contributed by atoms with Gasteiger partial charge in [0.25, 0.3) is 0 Å². The number of aliphatic imine (C=N–C) groups is 1. The van der Waals surface area contributed by atoms with Gasteiger partial charge >= 0.3 is 5.97 Å². The maximum absolute atomic E-state index is 12.1. The van der Waals surface area contributed by atoms with Crippen molar-refractivity contribution in [2.45, 2.75) is 52.5 Å². The molecule has 0 aromatic heterocycles. The Morgan fingerprint density at radius 1 is 1.50 bits per heavy atom. The number of fused-ring (bicyclic) bond motifs is 1. The van der Waals surface area contributed by atoms with Crippen molar-refractivity contribution in [2.24, 2.45) is 16.3 Å². The van der Waals surface area contributed by atoms with Crippen LogP contribution in [0.5, 0.6) is 0 Å². The van der Waals surface area contributed by atoms with Gasteiger partial charge in [0.15, 0.2) is 0 Å². The van der Waals surface area contributed by atoms with E-state index in [9.17, 15) is 4.79 Å². The summed E-state index contributed by atoms with van der Waals surface area (Å²) in [5.74, 6) is 0.297. The molecule has 0 N–H and O–H groups in total. The molecular weight excluding hydrogens is 202 g/mol. The molecule has 1 fully saturated rings. The maximum Gasteiger partial charge on any atom is 0.317 e. The lowest BCUT2D eigenvalue weighted by Crippen LogP contribution is -2.43. The van der Waals surface area contributed by atoms with Crippen LogP contribution in [0.1, 0.15) is 46.5 Å². The van der Waals surface area contributed by atoms with Crippen LogP contribution in [-0.4, -0.2) is 24.3 Å². The van der Waals surface area contributed by atoms with Gasteiger partial charge in [-0.15, -0.1) is 0 Å². The number of carbonyl (C=O) groups excluding carboxylic acids is 1. The van der Waals surface area contributed by atoms with Crippen molar-refractivity contribution in [3.8, 4) is 0 Å². The Kier molecular flexibility index (Phi) is 3.04. The molecule has 3 heteroatoms. The zero-order valence-electron chi connectivity index (χ0n) is 10.5. The van der Waals surface area contributed by atoms with E-state index in [4.69, 9.17) is 4.74 Å². The lowest BCUT2D eigenvalue weighted by Gasteiger charge is -2.34. The molecule has 2 aliphatic rings. The Hall–Kier alpha value is -0.860. The molecule has 0 bridgehead atoms. The van der Waals surface area contributed by atoms with E-state index in [0.717, 1.165) is 18.6 Å². The van der Waals surface area contributed by atoms with Gasteiger partial charge in [-0.2, -0.15) is 0 Å². The molecule has 0 aromatic carbocycles. The molecule has 1 heterocycles. The first-order valence-corrected chi connectivity index (χ1v) is 6.32. The number of nitrogens with zero attached hydrogens (tertiary/aromatic N) is 1. The first-order chi connectivity index (χ1) is 7.60. The monoisotopic (exact) mass is 223 g/mol. The van der Waals surface area contributed by atoms with Crippen LogP contribution in [0.4, 0.5) is 0 Å². The van der Waals surface area contributed by atoms with Crippen LogP contribution in [0.25, 0.3) is 0 Å². The quantitative estimate of drug-likeness (QED) is 0.675. The molecule has 2 rings (SSSR count). The van der Waals surface area contributed by atoms with Crippen molar-refractivity contribution in [1.29, 1.82) is 0 Å². The third-order valence-electron chi connectivity index (χ3n) is 4.28. The fourth-order valence-electron chi connectivity index (χ4n) is 3.17. The second-order valence-electron chi connectivity index (χ2n) is 5.10. The van der Waals surface area contributed by atoms with Crippen LogP contribution in [-0.2, 0) is 9.53 Å². The van der Waals surface area contributed by atoms with Crippen LogP contribution in [0.15, 0.2) is 4.99 Å². The number of hydrogen-bond acceptors (Lipinski definition) is 3. The number of ether oxygens (including phenoxy) is 1. The zero-order chi connectivity index (χ0) is 11.8. The largest absolute Gasteiger partial charge is 0.465 e. The molecule has 0 spiro atoms. The molecule has 0 aromatic rings. The van der Waals surface area contributed by atoms with Crippen molar-refractivity contribution < 1.29 is 9.53 Å². The highest BCUT2D eigenvalue weighted by Crippen LogP contribution is 2.46. The molecule has 0 amide bonds. The van der Waals surface area contributed by atoms with Crippen molar-refractivity contribution in [2.75, 3.05) is 6.61 Å². The number of rotatable bonds is 2. The van der Waals surface area contributed by atoms with Gasteiger partial charge in [-0.1, -0.05) is 12.8 Å². The average molecular weight is 223 g/mol. The van der Waals surface area contributed by atoms with E-state index in [-0.39, 0.29) is 5.97 Å². The molecule has 2 unspecified atom stereocenters. The van der Waals surface area contributed by atoms with Crippen LogP contribution >= 0.6 is 0 Å². The highest BCUT2D eigenvalue weighted by molar-refractivity contribution is 6.07. The molecule has 16 heavy (non-hydrogen) atoms. The number of esters is 1. The van der Waals surface area contributed by atoms with Crippen molar-refractivity contribution in [1.82, 2.24) is 0 Å². The molecule has 0 saturated heterocycles. The summed E-state index contributed by atoms with van der Waals surface area (Å²) in [6, 6.07) is 0.364. The smallest absolute Gasteiger partial charge is 0.317 e. The van der Waals surface area contributed by atoms with E-state index in [1.54, 1.807) is 0 Å². The summed E-state index contributed by atoms with van der Waals surface area (Å²) in [6.45, 7) is 6.31. The van der Waals surface area contributed by atoms with Crippen LogP contribution in [0, 0.1) is 11.3 Å². The van der Waals surface area contributed by atoms with Crippen molar-refractivity contribution in [3.63, 3.8) is 0 Å². The van der Waals surface area contributed by atoms with Crippen molar-refractivity contribution in [3.05, 3.63) is 0 Å². The normalized spacial score (nSPS) is 37.8. The highest BCUT2D eigenvalue weighted by Gasteiger charge is 2.53. The highest BCUT2D eigenvalue weighted by atomic mass is 16.5. The summed E-state index contributed by atoms with van der Waals surface area (Å²) >= 11 is 0. The molecular formula is C13H21NO2. The second kappa shape index (κ2) is 4.19. The Labute approximate surface area is 97.3 Å². The standard InChI is InChI=1S/C13H21NO2/c1-4-16-12(15)13(3)9(2)14-11-8-6-5-7-10(11)13/h10-11H,4-8H2,1-3H3/t10?,11?,13-/m0/s1. The van der Waals surface area contributed by atoms with E-state index < -0.39 is 5.41 Å². The van der Waals surface area contributed by atoms with Gasteiger partial charge in [0, 0.05) is 11.6 Å². The Morgan fingerprint density at radius 2 is 2.19 bits per heavy atom. The second-order valence-corrected chi connectivity index (χ2v) is 5.10. The summed E-state index contributed by atoms with van der Waals surface area (Å²) in [6.07, 6.45) is 4.72. The summed E-state index contributed by atoms with van der Waals surface area (Å²) in [7, 11) is 0. The third kappa shape index (κ3) is 1.57. The topological polar surface area (TPSA) is 38.7 Å². The minimum atomic E-state index is -0.457. The molecule has 1 saturated carbocycles. The maximum atomic E-state index is 12.1. The summed E-state index contributed by atoms with van der Waals surface area (Å²) < 4.78 is 5.23. The minimum Gasteiger partial charge on any atom is -0.465 e. The first kappa shape index (κ1) is 11.6. The third-order valence-corrected chi connectivity index (χ3v) is 4.28. The predicted octanol–water partition coefficient (Wildman–Crippen LogP) is 2.59. The minimum absolute atomic E-state index is 0.0781. The molecule has 3 nitrogen and oxygen atoms in total. The van der Waals surface area contributed by atoms with E-state index >= 15 is 0 Å². The fourth-order valence-corrected chi connectivity index (χ4v) is 3.17. The van der Waals surface area contributed by atoms with E-state index in [2.05, 4.69) is 4.99 Å². The summed E-state index contributed by atoms with van der Waals surface area (Å²) in [5, 5.41) is 0. The van der Waals surface area contributed by atoms with E-state index in [1.807, 2.05) is 20.8 Å². The van der Waals surface area contributed by atoms with Gasteiger partial charge in [0.1, 0.15) is 5.41 Å². The summed E-state index contributed by atoms with van der Waals surface area (Å²) in [5.41, 5.74) is 0.518. The summed E-state index contributed by atoms with van der Waals surface area (Å²) in [4.78, 5) is 16.8. The fraction of sp³-hybridized carbons (Fsp3) is 0.846. The molecule has 1 aliphatic heterocycles. The average Bonchev–Trinajstić information content (AvgIpc) is 2.53. The van der Waals surface area contributed by atoms with Gasteiger partial charge in [0.05, 0.1) is 12.6 Å². The van der Waals surface area contributed by atoms with Crippen LogP contribution < -0.4 is 0 Å². The Morgan fingerprint density at radius 3 is 2.88 bits per heavy atom. The van der Waals surface area contributed by atoms with Gasteiger partial charge in [-0.25, -0.2) is 0 Å². The van der Waals surface area contributed by atoms with E-state index in [0.29, 0.717) is 18.6 Å². The van der Waals surface area contributed by atoms with E-state index in [1.165, 1.54) is 12.8 Å². The molecule has 1 aliphatic carbocycles. The zero-order valence-corrected chi connectivity index (χ0v) is 10.5. The van der Waals surface area contributed by atoms with Gasteiger partial charge < -0.3 is 4.74 Å². The number of hydrogen-bond donors (Lipinski definition) is 0. The lowest BCUT2D eigenvalue weighted by molar-refractivity contribution is -0.153. The number of carbonyl (C=O) groups is 1. The van der Waals surface area contributed by atoms with Crippen molar-refractivity contribution >= 4 is 11.7 Å². The molecule has 0 radical (unpaired) electrons. The van der Waals surface area contributed by atoms with Gasteiger partial charge in [0.2, 0.25) is 0 Å². The molecule has 3 atom stereocenters. The van der Waals surface area contributed by atoms with Gasteiger partial charge in [-0.3, -0.25) is 9.79 Å². The van der Waals surface area contributed by atoms with Gasteiger partial charge in [-0.05, 0) is 33.6 Å². The predicted molar refractivity (Wildman–Crippen MR) is 63.6 cm³/mol. The SMILES string of the molecule is CCOC(=O)[C@@]1(C)C(C)=NC2CCCCC21. The van der Waals surface area contributed by atoms with Crippen LogP contribution in [0.3, 0.4) is 0 Å². The first-order valence-electron chi connectivity index (χ1n) is 6.32. The Balaban J connectivity index is 2.25. The lowest BCUT2D eigenvalue weighted by atomic mass is 9.68. The molecule has 90 valence electrons. The Bertz CT molecular complexity index is 324.